The molecule has 1 heterocycles. The Hall–Kier alpha value is -5.96. The molecular formula is C46H29NS. The van der Waals surface area contributed by atoms with Crippen LogP contribution in [0.4, 0.5) is 17.1 Å². The van der Waals surface area contributed by atoms with Gasteiger partial charge in [-0.2, -0.15) is 0 Å². The Morgan fingerprint density at radius 2 is 0.958 bits per heavy atom. The van der Waals surface area contributed by atoms with E-state index in [1.807, 2.05) is 11.3 Å². The first kappa shape index (κ1) is 27.2. The lowest BCUT2D eigenvalue weighted by atomic mass is 9.94. The third-order valence-corrected chi connectivity index (χ3v) is 10.9. The van der Waals surface area contributed by atoms with E-state index < -0.39 is 0 Å². The zero-order valence-electron chi connectivity index (χ0n) is 26.1. The maximum Gasteiger partial charge on any atom is 0.0554 e. The highest BCUT2D eigenvalue weighted by Gasteiger charge is 2.19. The molecule has 0 atom stereocenters. The highest BCUT2D eigenvalue weighted by molar-refractivity contribution is 7.26. The molecule has 1 aromatic heterocycles. The van der Waals surface area contributed by atoms with E-state index in [1.165, 1.54) is 80.1 Å². The van der Waals surface area contributed by atoms with Gasteiger partial charge in [0.05, 0.1) is 5.69 Å². The van der Waals surface area contributed by atoms with Crippen molar-refractivity contribution in [2.75, 3.05) is 4.90 Å². The summed E-state index contributed by atoms with van der Waals surface area (Å²) in [5.74, 6) is 0. The monoisotopic (exact) mass is 627 g/mol. The van der Waals surface area contributed by atoms with E-state index in [0.717, 1.165) is 11.4 Å². The molecular weight excluding hydrogens is 599 g/mol. The molecule has 0 saturated heterocycles. The standard InChI is InChI=1S/C46H29NS/c1-2-12-36(13-3-1)47(43-15-8-16-44-46(43)42-28-33-10-4-5-11-34(33)29-45(42)48-44)37-23-19-30(20-24-37)35-18-17-32-22-25-39-38-14-7-6-9-31(38)21-26-40(39)41(32)27-35/h1-29H. The lowest BCUT2D eigenvalue weighted by Crippen LogP contribution is -2.10. The van der Waals surface area contributed by atoms with Crippen molar-refractivity contribution < 1.29 is 0 Å². The summed E-state index contributed by atoms with van der Waals surface area (Å²) in [5, 5.41) is 12.9. The van der Waals surface area contributed by atoms with Crippen LogP contribution in [0.5, 0.6) is 0 Å². The first-order valence-electron chi connectivity index (χ1n) is 16.4. The fourth-order valence-electron chi connectivity index (χ4n) is 7.48. The third kappa shape index (κ3) is 4.31. The number of fused-ring (bicyclic) bond motifs is 9. The van der Waals surface area contributed by atoms with Crippen LogP contribution < -0.4 is 4.90 Å². The van der Waals surface area contributed by atoms with Crippen molar-refractivity contribution in [2.24, 2.45) is 0 Å². The summed E-state index contributed by atoms with van der Waals surface area (Å²) in [6.45, 7) is 0. The normalized spacial score (nSPS) is 11.8. The highest BCUT2D eigenvalue weighted by atomic mass is 32.1. The van der Waals surface area contributed by atoms with Crippen LogP contribution in [0.25, 0.3) is 74.4 Å². The zero-order valence-corrected chi connectivity index (χ0v) is 26.9. The van der Waals surface area contributed by atoms with Crippen LogP contribution in [0.2, 0.25) is 0 Å². The fraction of sp³-hybridized carbons (Fsp3) is 0. The molecule has 2 heteroatoms. The molecule has 0 fully saturated rings. The molecule has 0 amide bonds. The number of thiophene rings is 1. The molecule has 0 N–H and O–H groups in total. The molecule has 0 aliphatic carbocycles. The van der Waals surface area contributed by atoms with Crippen molar-refractivity contribution in [3.05, 3.63) is 176 Å². The Balaban J connectivity index is 1.12. The van der Waals surface area contributed by atoms with Crippen LogP contribution in [0.3, 0.4) is 0 Å². The Kier molecular flexibility index (Phi) is 6.12. The van der Waals surface area contributed by atoms with Gasteiger partial charge in [0.25, 0.3) is 0 Å². The van der Waals surface area contributed by atoms with Gasteiger partial charge in [-0.1, -0.05) is 121 Å². The molecule has 0 aliphatic rings. The lowest BCUT2D eigenvalue weighted by molar-refractivity contribution is 1.30. The number of para-hydroxylation sites is 1. The van der Waals surface area contributed by atoms with E-state index >= 15 is 0 Å². The molecule has 10 aromatic rings. The van der Waals surface area contributed by atoms with E-state index in [0.29, 0.717) is 0 Å². The first-order valence-corrected chi connectivity index (χ1v) is 17.2. The maximum absolute atomic E-state index is 2.41. The summed E-state index contributed by atoms with van der Waals surface area (Å²) in [5.41, 5.74) is 5.89. The first-order chi connectivity index (χ1) is 23.8. The van der Waals surface area contributed by atoms with Gasteiger partial charge in [-0.05, 0) is 109 Å². The molecule has 0 radical (unpaired) electrons. The van der Waals surface area contributed by atoms with Crippen molar-refractivity contribution in [1.29, 1.82) is 0 Å². The molecule has 1 nitrogen and oxygen atoms in total. The average Bonchev–Trinajstić information content (AvgIpc) is 3.52. The van der Waals surface area contributed by atoms with Gasteiger partial charge in [-0.25, -0.2) is 0 Å². The van der Waals surface area contributed by atoms with Crippen molar-refractivity contribution in [1.82, 2.24) is 0 Å². The third-order valence-electron chi connectivity index (χ3n) is 9.80. The number of rotatable bonds is 4. The average molecular weight is 628 g/mol. The van der Waals surface area contributed by atoms with Crippen LogP contribution in [0.1, 0.15) is 0 Å². The second-order valence-corrected chi connectivity index (χ2v) is 13.6. The van der Waals surface area contributed by atoms with Crippen molar-refractivity contribution >= 4 is 91.7 Å². The topological polar surface area (TPSA) is 3.24 Å². The predicted molar refractivity (Wildman–Crippen MR) is 209 cm³/mol. The van der Waals surface area contributed by atoms with Gasteiger partial charge in [0.1, 0.15) is 0 Å². The number of benzene rings is 9. The fourth-order valence-corrected chi connectivity index (χ4v) is 8.64. The van der Waals surface area contributed by atoms with Crippen molar-refractivity contribution in [2.45, 2.75) is 0 Å². The summed E-state index contributed by atoms with van der Waals surface area (Å²) in [6.07, 6.45) is 0. The van der Waals surface area contributed by atoms with E-state index in [-0.39, 0.29) is 0 Å². The molecule has 0 bridgehead atoms. The number of anilines is 3. The Bertz CT molecular complexity index is 2830. The van der Waals surface area contributed by atoms with Crippen molar-refractivity contribution in [3.63, 3.8) is 0 Å². The largest absolute Gasteiger partial charge is 0.310 e. The van der Waals surface area contributed by atoms with Crippen LogP contribution in [-0.2, 0) is 0 Å². The van der Waals surface area contributed by atoms with E-state index in [2.05, 4.69) is 181 Å². The highest BCUT2D eigenvalue weighted by Crippen LogP contribution is 2.46. The Morgan fingerprint density at radius 1 is 0.333 bits per heavy atom. The molecule has 0 saturated carbocycles. The minimum atomic E-state index is 1.13. The lowest BCUT2D eigenvalue weighted by Gasteiger charge is -2.26. The molecule has 10 rings (SSSR count). The van der Waals surface area contributed by atoms with Gasteiger partial charge < -0.3 is 4.90 Å². The van der Waals surface area contributed by atoms with E-state index in [1.54, 1.807) is 0 Å². The van der Waals surface area contributed by atoms with Gasteiger partial charge in [-0.3, -0.25) is 0 Å². The molecule has 0 aliphatic heterocycles. The Morgan fingerprint density at radius 3 is 1.77 bits per heavy atom. The number of hydrogen-bond acceptors (Lipinski definition) is 2. The van der Waals surface area contributed by atoms with Crippen LogP contribution in [0, 0.1) is 0 Å². The zero-order chi connectivity index (χ0) is 31.6. The van der Waals surface area contributed by atoms with Gasteiger partial charge in [0.2, 0.25) is 0 Å². The van der Waals surface area contributed by atoms with Crippen molar-refractivity contribution in [3.8, 4) is 11.1 Å². The molecule has 48 heavy (non-hydrogen) atoms. The quantitative estimate of drug-likeness (QED) is 0.176. The maximum atomic E-state index is 2.41. The second-order valence-electron chi connectivity index (χ2n) is 12.5. The summed E-state index contributed by atoms with van der Waals surface area (Å²) in [7, 11) is 0. The van der Waals surface area contributed by atoms with Gasteiger partial charge >= 0.3 is 0 Å². The Labute approximate surface area is 282 Å². The van der Waals surface area contributed by atoms with Crippen LogP contribution in [0.15, 0.2) is 176 Å². The SMILES string of the molecule is c1ccc(N(c2ccc(-c3ccc4ccc5c6ccccc6ccc5c4c3)cc2)c2cccc3sc4cc5ccccc5cc4c23)cc1. The number of hydrogen-bond donors (Lipinski definition) is 0. The van der Waals surface area contributed by atoms with Gasteiger partial charge in [0, 0.05) is 31.5 Å². The molecule has 224 valence electrons. The summed E-state index contributed by atoms with van der Waals surface area (Å²) < 4.78 is 2.61. The minimum Gasteiger partial charge on any atom is -0.310 e. The molecule has 0 unspecified atom stereocenters. The summed E-state index contributed by atoms with van der Waals surface area (Å²) in [6, 6.07) is 64.5. The second kappa shape index (κ2) is 10.8. The van der Waals surface area contributed by atoms with Gasteiger partial charge in [-0.15, -0.1) is 11.3 Å². The van der Waals surface area contributed by atoms with E-state index in [9.17, 15) is 0 Å². The van der Waals surface area contributed by atoms with Crippen LogP contribution >= 0.6 is 11.3 Å². The van der Waals surface area contributed by atoms with Gasteiger partial charge in [0.15, 0.2) is 0 Å². The smallest absolute Gasteiger partial charge is 0.0554 e. The minimum absolute atomic E-state index is 1.13. The van der Waals surface area contributed by atoms with E-state index in [4.69, 9.17) is 0 Å². The molecule has 0 spiro atoms. The van der Waals surface area contributed by atoms with Crippen LogP contribution in [-0.4, -0.2) is 0 Å². The predicted octanol–water partition coefficient (Wildman–Crippen LogP) is 13.8. The number of nitrogens with zero attached hydrogens (tertiary/aromatic N) is 1. The summed E-state index contributed by atoms with van der Waals surface area (Å²) >= 11 is 1.87. The molecule has 9 aromatic carbocycles. The summed E-state index contributed by atoms with van der Waals surface area (Å²) in [4.78, 5) is 2.41.